The van der Waals surface area contributed by atoms with E-state index in [4.69, 9.17) is 4.42 Å². The van der Waals surface area contributed by atoms with Crippen LogP contribution in [-0.2, 0) is 10.8 Å². The highest BCUT2D eigenvalue weighted by Crippen LogP contribution is 2.52. The van der Waals surface area contributed by atoms with Crippen LogP contribution in [-0.4, -0.2) is 0 Å². The number of nitrogens with zero attached hydrogens (tertiary/aromatic N) is 1. The van der Waals surface area contributed by atoms with Gasteiger partial charge in [0.05, 0.1) is 5.69 Å². The van der Waals surface area contributed by atoms with E-state index in [0.717, 1.165) is 40.0 Å². The highest BCUT2D eigenvalue weighted by Gasteiger charge is 2.42. The minimum Gasteiger partial charge on any atom is -0.456 e. The number of fused-ring (bicyclic) bond motifs is 5. The van der Waals surface area contributed by atoms with E-state index in [-0.39, 0.29) is 10.8 Å². The van der Waals surface area contributed by atoms with E-state index in [1.807, 2.05) is 0 Å². The van der Waals surface area contributed by atoms with Crippen molar-refractivity contribution in [3.05, 3.63) is 236 Å². The Hall–Kier alpha value is -7.94. The molecule has 0 saturated carbocycles. The second-order valence-corrected chi connectivity index (χ2v) is 19.6. The Balaban J connectivity index is 0.966. The van der Waals surface area contributed by atoms with Crippen LogP contribution >= 0.6 is 0 Å². The molecule has 67 heavy (non-hydrogen) atoms. The van der Waals surface area contributed by atoms with Gasteiger partial charge in [0.25, 0.3) is 0 Å². The highest BCUT2D eigenvalue weighted by atomic mass is 16.3. The number of hydrogen-bond donors (Lipinski definition) is 0. The third-order valence-corrected chi connectivity index (χ3v) is 14.3. The maximum absolute atomic E-state index is 6.59. The molecular weight excluding hydrogens is 811 g/mol. The van der Waals surface area contributed by atoms with Gasteiger partial charge in [-0.3, -0.25) is 0 Å². The Bertz CT molecular complexity index is 3620. The number of benzene rings is 10. The lowest BCUT2D eigenvalue weighted by atomic mass is 9.82. The van der Waals surface area contributed by atoms with Crippen LogP contribution in [0.25, 0.3) is 88.3 Å². The van der Waals surface area contributed by atoms with Gasteiger partial charge in [-0.05, 0) is 144 Å². The van der Waals surface area contributed by atoms with Crippen LogP contribution in [0.15, 0.2) is 229 Å². The zero-order valence-corrected chi connectivity index (χ0v) is 38.4. The van der Waals surface area contributed by atoms with Crippen molar-refractivity contribution in [3.8, 4) is 55.6 Å². The summed E-state index contributed by atoms with van der Waals surface area (Å²) in [6.45, 7) is 9.50. The van der Waals surface area contributed by atoms with Crippen molar-refractivity contribution < 1.29 is 4.42 Å². The first-order chi connectivity index (χ1) is 32.7. The molecule has 10 aromatic carbocycles. The van der Waals surface area contributed by atoms with Gasteiger partial charge in [-0.1, -0.05) is 198 Å². The third kappa shape index (κ3) is 7.12. The first-order valence-electron chi connectivity index (χ1n) is 23.5. The highest BCUT2D eigenvalue weighted by molar-refractivity contribution is 6.10. The molecule has 1 heterocycles. The number of hydrogen-bond acceptors (Lipinski definition) is 2. The Morgan fingerprint density at radius 2 is 0.776 bits per heavy atom. The molecule has 0 saturated heterocycles. The predicted molar refractivity (Wildman–Crippen MR) is 284 cm³/mol. The molecule has 1 aromatic heterocycles. The molecule has 0 unspecified atom stereocenters. The average Bonchev–Trinajstić information content (AvgIpc) is 3.82. The van der Waals surface area contributed by atoms with Gasteiger partial charge in [-0.2, -0.15) is 0 Å². The number of furan rings is 1. The van der Waals surface area contributed by atoms with Crippen molar-refractivity contribution in [1.82, 2.24) is 0 Å². The third-order valence-electron chi connectivity index (χ3n) is 14.3. The van der Waals surface area contributed by atoms with Crippen LogP contribution in [0.1, 0.15) is 45.2 Å². The molecule has 322 valence electrons. The summed E-state index contributed by atoms with van der Waals surface area (Å²) in [4.78, 5) is 2.41. The summed E-state index contributed by atoms with van der Waals surface area (Å²) in [5.41, 5.74) is 20.2. The summed E-state index contributed by atoms with van der Waals surface area (Å²) in [6, 6.07) is 81.9. The Labute approximate surface area is 393 Å². The van der Waals surface area contributed by atoms with E-state index in [0.29, 0.717) is 0 Å². The van der Waals surface area contributed by atoms with Crippen molar-refractivity contribution in [1.29, 1.82) is 0 Å². The first kappa shape index (κ1) is 40.6. The summed E-state index contributed by atoms with van der Waals surface area (Å²) in [6.07, 6.45) is 1.12. The van der Waals surface area contributed by atoms with Crippen molar-refractivity contribution in [2.24, 2.45) is 0 Å². The van der Waals surface area contributed by atoms with Gasteiger partial charge in [0.15, 0.2) is 0 Å². The van der Waals surface area contributed by atoms with Gasteiger partial charge >= 0.3 is 0 Å². The topological polar surface area (TPSA) is 16.4 Å². The summed E-state index contributed by atoms with van der Waals surface area (Å²) in [7, 11) is 0. The standard InChI is InChI=1S/C65H51NO/c1-64(2)42-65(3,4)60-41-63-58(40-59(60)64)57-39-49(33-38-62(57)67-63)54-21-13-23-56-55(54)22-14-24-61(56)66(50-34-29-46(30-35-50)45-27-25-44(26-28-45)43-15-7-5-8-16-43)51-36-31-48(32-37-51)53-20-12-11-19-52(53)47-17-9-6-10-18-47/h5-41H,42H2,1-4H3. The molecule has 0 atom stereocenters. The van der Waals surface area contributed by atoms with Crippen molar-refractivity contribution in [2.75, 3.05) is 4.90 Å². The van der Waals surface area contributed by atoms with Crippen molar-refractivity contribution in [2.45, 2.75) is 44.9 Å². The molecule has 1 aliphatic rings. The SMILES string of the molecule is CC1(C)CC(C)(C)c2cc3c(cc21)oc1ccc(-c2cccc4c(N(c5ccc(-c6ccc(-c7ccccc7)cc6)cc5)c5ccc(-c6ccccc6-c6ccccc6)cc5)cccc24)cc13. The second-order valence-electron chi connectivity index (χ2n) is 19.6. The van der Waals surface area contributed by atoms with E-state index in [1.165, 1.54) is 82.9 Å². The molecule has 2 heteroatoms. The van der Waals surface area contributed by atoms with Gasteiger partial charge in [0.1, 0.15) is 11.2 Å². The summed E-state index contributed by atoms with van der Waals surface area (Å²) >= 11 is 0. The molecule has 11 aromatic rings. The lowest BCUT2D eigenvalue weighted by Gasteiger charge is -2.28. The van der Waals surface area contributed by atoms with Gasteiger partial charge in [0, 0.05) is 27.5 Å². The Morgan fingerprint density at radius 3 is 1.40 bits per heavy atom. The summed E-state index contributed by atoms with van der Waals surface area (Å²) in [5.74, 6) is 0. The number of anilines is 3. The van der Waals surface area contributed by atoms with E-state index in [1.54, 1.807) is 0 Å². The molecule has 0 bridgehead atoms. The normalized spacial score (nSPS) is 13.9. The molecule has 0 aliphatic heterocycles. The van der Waals surface area contributed by atoms with E-state index >= 15 is 0 Å². The average molecular weight is 862 g/mol. The van der Waals surface area contributed by atoms with Crippen LogP contribution < -0.4 is 4.90 Å². The minimum atomic E-state index is 0.105. The van der Waals surface area contributed by atoms with Crippen LogP contribution in [0.2, 0.25) is 0 Å². The molecule has 0 spiro atoms. The fraction of sp³-hybridized carbons (Fsp3) is 0.108. The zero-order valence-electron chi connectivity index (χ0n) is 38.4. The van der Waals surface area contributed by atoms with Gasteiger partial charge in [-0.25, -0.2) is 0 Å². The summed E-state index contributed by atoms with van der Waals surface area (Å²) < 4.78 is 6.59. The van der Waals surface area contributed by atoms with Crippen molar-refractivity contribution in [3.63, 3.8) is 0 Å². The quantitative estimate of drug-likeness (QED) is 0.151. The maximum atomic E-state index is 6.59. The lowest BCUT2D eigenvalue weighted by Crippen LogP contribution is -2.17. The van der Waals surface area contributed by atoms with Crippen molar-refractivity contribution >= 4 is 49.8 Å². The van der Waals surface area contributed by atoms with Crippen LogP contribution in [0, 0.1) is 0 Å². The lowest BCUT2D eigenvalue weighted by molar-refractivity contribution is 0.403. The van der Waals surface area contributed by atoms with Crippen LogP contribution in [0.5, 0.6) is 0 Å². The molecule has 0 amide bonds. The fourth-order valence-corrected chi connectivity index (χ4v) is 11.3. The fourth-order valence-electron chi connectivity index (χ4n) is 11.3. The monoisotopic (exact) mass is 861 g/mol. The Morgan fingerprint density at radius 1 is 0.328 bits per heavy atom. The minimum absolute atomic E-state index is 0.105. The summed E-state index contributed by atoms with van der Waals surface area (Å²) in [5, 5.41) is 4.73. The van der Waals surface area contributed by atoms with Gasteiger partial charge in [-0.15, -0.1) is 0 Å². The van der Waals surface area contributed by atoms with E-state index in [2.05, 4.69) is 257 Å². The van der Waals surface area contributed by atoms with E-state index < -0.39 is 0 Å². The predicted octanol–water partition coefficient (Wildman–Crippen LogP) is 18.5. The van der Waals surface area contributed by atoms with Gasteiger partial charge < -0.3 is 9.32 Å². The molecule has 0 radical (unpaired) electrons. The number of rotatable bonds is 8. The first-order valence-corrected chi connectivity index (χ1v) is 23.5. The molecule has 2 nitrogen and oxygen atoms in total. The second kappa shape index (κ2) is 15.9. The van der Waals surface area contributed by atoms with Crippen LogP contribution in [0.4, 0.5) is 17.1 Å². The van der Waals surface area contributed by atoms with Crippen LogP contribution in [0.3, 0.4) is 0 Å². The molecular formula is C65H51NO. The molecule has 12 rings (SSSR count). The molecule has 0 fully saturated rings. The Kier molecular flexibility index (Phi) is 9.62. The van der Waals surface area contributed by atoms with E-state index in [9.17, 15) is 0 Å². The molecule has 1 aliphatic carbocycles. The zero-order chi connectivity index (χ0) is 45.3. The van der Waals surface area contributed by atoms with Gasteiger partial charge in [0.2, 0.25) is 0 Å². The maximum Gasteiger partial charge on any atom is 0.135 e. The molecule has 0 N–H and O–H groups in total. The largest absolute Gasteiger partial charge is 0.456 e. The smallest absolute Gasteiger partial charge is 0.135 e.